The van der Waals surface area contributed by atoms with Crippen LogP contribution in [0.1, 0.15) is 39.5 Å². The molecule has 2 aliphatic rings. The molecule has 0 aromatic rings. The first kappa shape index (κ1) is 25.4. The molecular weight excluding hydrogens is 467 g/mol. The van der Waals surface area contributed by atoms with Gasteiger partial charge in [-0.15, -0.1) is 24.0 Å². The van der Waals surface area contributed by atoms with Crippen LogP contribution >= 0.6 is 24.0 Å². The summed E-state index contributed by atoms with van der Waals surface area (Å²) >= 11 is 0. The second-order valence-electron chi connectivity index (χ2n) is 7.74. The van der Waals surface area contributed by atoms with Crippen molar-refractivity contribution in [2.75, 3.05) is 79.0 Å². The molecule has 0 aromatic carbocycles. The summed E-state index contributed by atoms with van der Waals surface area (Å²) in [5, 5.41) is 3.43. The van der Waals surface area contributed by atoms with Gasteiger partial charge in [0.25, 0.3) is 0 Å². The van der Waals surface area contributed by atoms with Crippen LogP contribution in [0.2, 0.25) is 0 Å². The van der Waals surface area contributed by atoms with E-state index in [9.17, 15) is 4.79 Å². The maximum atomic E-state index is 12.3. The van der Waals surface area contributed by atoms with Gasteiger partial charge in [0.05, 0.1) is 13.1 Å². The molecule has 1 N–H and O–H groups in total. The molecule has 0 unspecified atom stereocenters. The summed E-state index contributed by atoms with van der Waals surface area (Å²) in [4.78, 5) is 26.2. The van der Waals surface area contributed by atoms with Gasteiger partial charge in [0.1, 0.15) is 0 Å². The zero-order chi connectivity index (χ0) is 19.5. The number of amides is 1. The fourth-order valence-corrected chi connectivity index (χ4v) is 3.67. The highest BCUT2D eigenvalue weighted by molar-refractivity contribution is 14.0. The number of halogens is 1. The van der Waals surface area contributed by atoms with Crippen molar-refractivity contribution in [3.8, 4) is 0 Å². The van der Waals surface area contributed by atoms with Crippen LogP contribution in [-0.4, -0.2) is 111 Å². The van der Waals surface area contributed by atoms with Crippen molar-refractivity contribution >= 4 is 35.8 Å². The Kier molecular flexibility index (Phi) is 13.1. The highest BCUT2D eigenvalue weighted by Crippen LogP contribution is 2.09. The number of guanidine groups is 1. The Balaban J connectivity index is 0.00000392. The normalized spacial score (nSPS) is 18.5. The first-order valence-corrected chi connectivity index (χ1v) is 10.9. The van der Waals surface area contributed by atoms with Gasteiger partial charge < -0.3 is 20.0 Å². The van der Waals surface area contributed by atoms with Crippen molar-refractivity contribution in [3.63, 3.8) is 0 Å². The van der Waals surface area contributed by atoms with Gasteiger partial charge >= 0.3 is 0 Å². The standard InChI is InChI=1S/C20H40N6O.HI/c1-4-6-10-23(3)13-9-22-20(21-5-2)26-16-14-24(15-17-26)18-19(27)25-11-7-8-12-25;/h4-18H2,1-3H3,(H,21,22);1H. The Hall–Kier alpha value is -0.610. The molecule has 164 valence electrons. The molecule has 0 atom stereocenters. The number of likely N-dealkylation sites (N-methyl/N-ethyl adjacent to an activating group) is 1. The number of aliphatic imine (C=N–C) groups is 1. The van der Waals surface area contributed by atoms with Crippen LogP contribution in [-0.2, 0) is 4.79 Å². The molecule has 0 saturated carbocycles. The number of piperazine rings is 1. The van der Waals surface area contributed by atoms with E-state index in [1.807, 2.05) is 4.90 Å². The Morgan fingerprint density at radius 3 is 2.29 bits per heavy atom. The lowest BCUT2D eigenvalue weighted by atomic mass is 10.3. The second-order valence-corrected chi connectivity index (χ2v) is 7.74. The van der Waals surface area contributed by atoms with Crippen LogP contribution in [0, 0.1) is 0 Å². The van der Waals surface area contributed by atoms with Crippen LogP contribution in [0.25, 0.3) is 0 Å². The smallest absolute Gasteiger partial charge is 0.236 e. The van der Waals surface area contributed by atoms with E-state index >= 15 is 0 Å². The fourth-order valence-electron chi connectivity index (χ4n) is 3.67. The van der Waals surface area contributed by atoms with Gasteiger partial charge in [-0.1, -0.05) is 13.3 Å². The topological polar surface area (TPSA) is 54.4 Å². The molecule has 7 nitrogen and oxygen atoms in total. The minimum atomic E-state index is 0. The van der Waals surface area contributed by atoms with E-state index in [0.29, 0.717) is 12.5 Å². The number of hydrogen-bond donors (Lipinski definition) is 1. The molecule has 2 fully saturated rings. The molecule has 0 aromatic heterocycles. The summed E-state index contributed by atoms with van der Waals surface area (Å²) in [6.07, 6.45) is 4.81. The van der Waals surface area contributed by atoms with Crippen molar-refractivity contribution in [2.45, 2.75) is 39.5 Å². The summed E-state index contributed by atoms with van der Waals surface area (Å²) in [7, 11) is 2.17. The molecule has 0 radical (unpaired) electrons. The number of rotatable bonds is 9. The first-order chi connectivity index (χ1) is 13.1. The van der Waals surface area contributed by atoms with Gasteiger partial charge in [0.2, 0.25) is 5.91 Å². The van der Waals surface area contributed by atoms with Crippen LogP contribution in [0.4, 0.5) is 0 Å². The summed E-state index contributed by atoms with van der Waals surface area (Å²) < 4.78 is 0. The lowest BCUT2D eigenvalue weighted by Crippen LogP contribution is -2.54. The second kappa shape index (κ2) is 14.4. The monoisotopic (exact) mass is 508 g/mol. The van der Waals surface area contributed by atoms with E-state index in [1.165, 1.54) is 12.8 Å². The first-order valence-electron chi connectivity index (χ1n) is 10.9. The van der Waals surface area contributed by atoms with Crippen molar-refractivity contribution in [1.82, 2.24) is 24.9 Å². The Morgan fingerprint density at radius 2 is 1.68 bits per heavy atom. The zero-order valence-electron chi connectivity index (χ0n) is 18.2. The van der Waals surface area contributed by atoms with Gasteiger partial charge in [0.15, 0.2) is 5.96 Å². The molecule has 2 aliphatic heterocycles. The number of nitrogens with one attached hydrogen (secondary N) is 1. The predicted molar refractivity (Wildman–Crippen MR) is 128 cm³/mol. The predicted octanol–water partition coefficient (Wildman–Crippen LogP) is 1.54. The number of hydrogen-bond acceptors (Lipinski definition) is 4. The Bertz CT molecular complexity index is 462. The molecule has 0 aliphatic carbocycles. The zero-order valence-corrected chi connectivity index (χ0v) is 20.5. The third-order valence-electron chi connectivity index (χ3n) is 5.46. The summed E-state index contributed by atoms with van der Waals surface area (Å²) in [5.74, 6) is 1.32. The average Bonchev–Trinajstić information content (AvgIpc) is 3.21. The largest absolute Gasteiger partial charge is 0.357 e. The maximum absolute atomic E-state index is 12.3. The molecule has 8 heteroatoms. The van der Waals surface area contributed by atoms with Crippen LogP contribution in [0.3, 0.4) is 0 Å². The molecular formula is C20H41IN6O. The van der Waals surface area contributed by atoms with Crippen molar-refractivity contribution < 1.29 is 4.79 Å². The highest BCUT2D eigenvalue weighted by Gasteiger charge is 2.24. The lowest BCUT2D eigenvalue weighted by molar-refractivity contribution is -0.131. The van der Waals surface area contributed by atoms with E-state index in [-0.39, 0.29) is 24.0 Å². The fraction of sp³-hybridized carbons (Fsp3) is 0.900. The van der Waals surface area contributed by atoms with Gasteiger partial charge in [0, 0.05) is 52.4 Å². The summed E-state index contributed by atoms with van der Waals surface area (Å²) in [6.45, 7) is 14.4. The van der Waals surface area contributed by atoms with E-state index in [2.05, 4.69) is 40.9 Å². The van der Waals surface area contributed by atoms with Crippen LogP contribution in [0.5, 0.6) is 0 Å². The molecule has 0 spiro atoms. The van der Waals surface area contributed by atoms with E-state index in [4.69, 9.17) is 4.99 Å². The number of nitrogens with zero attached hydrogens (tertiary/aromatic N) is 5. The van der Waals surface area contributed by atoms with Crippen LogP contribution in [0.15, 0.2) is 4.99 Å². The summed E-state index contributed by atoms with van der Waals surface area (Å²) in [5.41, 5.74) is 0. The quantitative estimate of drug-likeness (QED) is 0.291. The molecule has 2 saturated heterocycles. The Labute approximate surface area is 188 Å². The van der Waals surface area contributed by atoms with E-state index in [0.717, 1.165) is 84.2 Å². The van der Waals surface area contributed by atoms with Gasteiger partial charge in [-0.2, -0.15) is 0 Å². The van der Waals surface area contributed by atoms with Crippen molar-refractivity contribution in [1.29, 1.82) is 0 Å². The number of unbranched alkanes of at least 4 members (excludes halogenated alkanes) is 1. The lowest BCUT2D eigenvalue weighted by Gasteiger charge is -2.36. The van der Waals surface area contributed by atoms with Crippen molar-refractivity contribution in [3.05, 3.63) is 0 Å². The van der Waals surface area contributed by atoms with Crippen molar-refractivity contribution in [2.24, 2.45) is 4.99 Å². The summed E-state index contributed by atoms with van der Waals surface area (Å²) in [6, 6.07) is 0. The van der Waals surface area contributed by atoms with Gasteiger partial charge in [-0.05, 0) is 39.8 Å². The van der Waals surface area contributed by atoms with Gasteiger partial charge in [-0.3, -0.25) is 14.7 Å². The third kappa shape index (κ3) is 8.82. The molecule has 28 heavy (non-hydrogen) atoms. The average molecular weight is 508 g/mol. The molecule has 1 amide bonds. The SMILES string of the molecule is CCCCN(C)CCN=C(NCC)N1CCN(CC(=O)N2CCCC2)CC1.I. The highest BCUT2D eigenvalue weighted by atomic mass is 127. The number of carbonyl (C=O) groups excluding carboxylic acids is 1. The van der Waals surface area contributed by atoms with Gasteiger partial charge in [-0.25, -0.2) is 0 Å². The third-order valence-corrected chi connectivity index (χ3v) is 5.46. The maximum Gasteiger partial charge on any atom is 0.236 e. The van der Waals surface area contributed by atoms with E-state index in [1.54, 1.807) is 0 Å². The minimum absolute atomic E-state index is 0. The molecule has 2 rings (SSSR count). The number of carbonyl (C=O) groups is 1. The van der Waals surface area contributed by atoms with Crippen LogP contribution < -0.4 is 5.32 Å². The molecule has 2 heterocycles. The Morgan fingerprint density at radius 1 is 1.00 bits per heavy atom. The van der Waals surface area contributed by atoms with E-state index < -0.39 is 0 Å². The minimum Gasteiger partial charge on any atom is -0.357 e. The number of likely N-dealkylation sites (tertiary alicyclic amines) is 1. The molecule has 0 bridgehead atoms.